The van der Waals surface area contributed by atoms with Crippen LogP contribution in [0.25, 0.3) is 10.1 Å². The number of carbonyl (C=O) groups is 3. The highest BCUT2D eigenvalue weighted by molar-refractivity contribution is 7.20. The summed E-state index contributed by atoms with van der Waals surface area (Å²) in [6.45, 7) is 3.61. The number of fused-ring (bicyclic) bond motifs is 1. The first kappa shape index (κ1) is 18.2. The zero-order valence-electron chi connectivity index (χ0n) is 14.5. The highest BCUT2D eigenvalue weighted by atomic mass is 32.1. The Morgan fingerprint density at radius 3 is 2.69 bits per heavy atom. The van der Waals surface area contributed by atoms with Crippen LogP contribution in [-0.2, 0) is 9.53 Å². The van der Waals surface area contributed by atoms with Crippen LogP contribution in [0.15, 0.2) is 24.3 Å². The standard InChI is InChI=1S/C18H21N3O4S/c1-2-25-17(23)15-10-12-9-13(5-6-14(12)26-15)20-18(24)19-11-16(22)21-7-3-4-8-21/h5-6,9-10H,2-4,7-8,11H2,1H3,(H2,19,20,24). The zero-order chi connectivity index (χ0) is 18.5. The van der Waals surface area contributed by atoms with E-state index >= 15 is 0 Å². The van der Waals surface area contributed by atoms with Crippen molar-refractivity contribution in [3.63, 3.8) is 0 Å². The van der Waals surface area contributed by atoms with Crippen molar-refractivity contribution in [3.8, 4) is 0 Å². The molecule has 2 heterocycles. The van der Waals surface area contributed by atoms with E-state index in [1.165, 1.54) is 11.3 Å². The van der Waals surface area contributed by atoms with Crippen LogP contribution in [0.5, 0.6) is 0 Å². The first-order valence-corrected chi connectivity index (χ1v) is 9.42. The Morgan fingerprint density at radius 2 is 1.96 bits per heavy atom. The molecule has 8 heteroatoms. The van der Waals surface area contributed by atoms with Gasteiger partial charge in [0.15, 0.2) is 0 Å². The molecule has 0 spiro atoms. The van der Waals surface area contributed by atoms with E-state index in [1.807, 2.05) is 6.07 Å². The second kappa shape index (κ2) is 8.18. The number of carbonyl (C=O) groups excluding carboxylic acids is 3. The van der Waals surface area contributed by atoms with Gasteiger partial charge in [-0.25, -0.2) is 9.59 Å². The minimum atomic E-state index is -0.433. The summed E-state index contributed by atoms with van der Waals surface area (Å²) in [5.41, 5.74) is 0.594. The van der Waals surface area contributed by atoms with Crippen molar-refractivity contribution in [1.82, 2.24) is 10.2 Å². The number of urea groups is 1. The molecule has 7 nitrogen and oxygen atoms in total. The second-order valence-electron chi connectivity index (χ2n) is 5.98. The van der Waals surface area contributed by atoms with Gasteiger partial charge in [-0.15, -0.1) is 11.3 Å². The van der Waals surface area contributed by atoms with Crippen molar-refractivity contribution in [2.45, 2.75) is 19.8 Å². The van der Waals surface area contributed by atoms with Crippen molar-refractivity contribution in [1.29, 1.82) is 0 Å². The largest absolute Gasteiger partial charge is 0.462 e. The average molecular weight is 375 g/mol. The van der Waals surface area contributed by atoms with Crippen LogP contribution in [-0.4, -0.2) is 49.0 Å². The molecule has 0 radical (unpaired) electrons. The Balaban J connectivity index is 1.58. The lowest BCUT2D eigenvalue weighted by molar-refractivity contribution is -0.128. The molecule has 1 aromatic carbocycles. The normalized spacial score (nSPS) is 13.7. The number of esters is 1. The fourth-order valence-corrected chi connectivity index (χ4v) is 3.77. The number of rotatable bonds is 5. The van der Waals surface area contributed by atoms with Gasteiger partial charge in [-0.2, -0.15) is 0 Å². The molecule has 1 fully saturated rings. The summed E-state index contributed by atoms with van der Waals surface area (Å²) in [5, 5.41) is 6.15. The van der Waals surface area contributed by atoms with Crippen LogP contribution >= 0.6 is 11.3 Å². The Labute approximate surface area is 155 Å². The van der Waals surface area contributed by atoms with Crippen LogP contribution < -0.4 is 10.6 Å². The number of amides is 3. The lowest BCUT2D eigenvalue weighted by Gasteiger charge is -2.15. The third-order valence-corrected chi connectivity index (χ3v) is 5.21. The molecular formula is C18H21N3O4S. The molecule has 138 valence electrons. The Morgan fingerprint density at radius 1 is 1.19 bits per heavy atom. The summed E-state index contributed by atoms with van der Waals surface area (Å²) in [6, 6.07) is 6.70. The highest BCUT2D eigenvalue weighted by Crippen LogP contribution is 2.28. The first-order chi connectivity index (χ1) is 12.6. The monoisotopic (exact) mass is 375 g/mol. The summed E-state index contributed by atoms with van der Waals surface area (Å²) in [7, 11) is 0. The number of benzene rings is 1. The van der Waals surface area contributed by atoms with Crippen LogP contribution in [0, 0.1) is 0 Å². The highest BCUT2D eigenvalue weighted by Gasteiger charge is 2.18. The summed E-state index contributed by atoms with van der Waals surface area (Å²) < 4.78 is 5.94. The van der Waals surface area contributed by atoms with Crippen molar-refractivity contribution in [2.75, 3.05) is 31.6 Å². The van der Waals surface area contributed by atoms with Crippen LogP contribution in [0.4, 0.5) is 10.5 Å². The molecule has 1 aromatic heterocycles. The number of likely N-dealkylation sites (tertiary alicyclic amines) is 1. The number of hydrogen-bond acceptors (Lipinski definition) is 5. The van der Waals surface area contributed by atoms with E-state index in [9.17, 15) is 14.4 Å². The van der Waals surface area contributed by atoms with Gasteiger partial charge in [0.2, 0.25) is 5.91 Å². The zero-order valence-corrected chi connectivity index (χ0v) is 15.4. The maximum atomic E-state index is 12.0. The molecule has 1 aliphatic rings. The van der Waals surface area contributed by atoms with Gasteiger partial charge in [-0.05, 0) is 49.4 Å². The third-order valence-electron chi connectivity index (χ3n) is 4.11. The fourth-order valence-electron chi connectivity index (χ4n) is 2.83. The van der Waals surface area contributed by atoms with E-state index in [1.54, 1.807) is 30.0 Å². The van der Waals surface area contributed by atoms with Gasteiger partial charge in [0.25, 0.3) is 0 Å². The molecular weight excluding hydrogens is 354 g/mol. The van der Waals surface area contributed by atoms with Crippen molar-refractivity contribution in [2.24, 2.45) is 0 Å². The van der Waals surface area contributed by atoms with Gasteiger partial charge < -0.3 is 20.3 Å². The van der Waals surface area contributed by atoms with Gasteiger partial charge in [0.05, 0.1) is 13.2 Å². The van der Waals surface area contributed by atoms with E-state index in [0.29, 0.717) is 17.2 Å². The van der Waals surface area contributed by atoms with Crippen LogP contribution in [0.1, 0.15) is 29.4 Å². The smallest absolute Gasteiger partial charge is 0.348 e. The predicted molar refractivity (Wildman–Crippen MR) is 101 cm³/mol. The SMILES string of the molecule is CCOC(=O)c1cc2cc(NC(=O)NCC(=O)N3CCCC3)ccc2s1. The van der Waals surface area contributed by atoms with Gasteiger partial charge >= 0.3 is 12.0 Å². The molecule has 0 bridgehead atoms. The summed E-state index contributed by atoms with van der Waals surface area (Å²) in [4.78, 5) is 38.0. The molecule has 0 saturated carbocycles. The van der Waals surface area contributed by atoms with Gasteiger partial charge in [0.1, 0.15) is 4.88 Å². The lowest BCUT2D eigenvalue weighted by Crippen LogP contribution is -2.40. The van der Waals surface area contributed by atoms with E-state index in [2.05, 4.69) is 10.6 Å². The molecule has 1 saturated heterocycles. The number of thiophene rings is 1. The third kappa shape index (κ3) is 4.32. The average Bonchev–Trinajstić information content (AvgIpc) is 3.29. The number of nitrogens with zero attached hydrogens (tertiary/aromatic N) is 1. The minimum absolute atomic E-state index is 0.0143. The summed E-state index contributed by atoms with van der Waals surface area (Å²) >= 11 is 1.35. The van der Waals surface area contributed by atoms with E-state index in [-0.39, 0.29) is 18.4 Å². The molecule has 0 aliphatic carbocycles. The number of nitrogens with one attached hydrogen (secondary N) is 2. The lowest BCUT2D eigenvalue weighted by atomic mass is 10.2. The Hall–Kier alpha value is -2.61. The summed E-state index contributed by atoms with van der Waals surface area (Å²) in [5.74, 6) is -0.411. The van der Waals surface area contributed by atoms with E-state index in [0.717, 1.165) is 36.0 Å². The molecule has 0 atom stereocenters. The Bertz CT molecular complexity index is 827. The molecule has 2 aromatic rings. The van der Waals surface area contributed by atoms with Crippen molar-refractivity contribution < 1.29 is 19.1 Å². The van der Waals surface area contributed by atoms with Crippen LogP contribution in [0.3, 0.4) is 0 Å². The van der Waals surface area contributed by atoms with Crippen LogP contribution in [0.2, 0.25) is 0 Å². The van der Waals surface area contributed by atoms with Gasteiger partial charge in [0, 0.05) is 23.5 Å². The summed E-state index contributed by atoms with van der Waals surface area (Å²) in [6.07, 6.45) is 2.04. The number of anilines is 1. The maximum Gasteiger partial charge on any atom is 0.348 e. The first-order valence-electron chi connectivity index (χ1n) is 8.60. The molecule has 1 aliphatic heterocycles. The van der Waals surface area contributed by atoms with Crippen molar-refractivity contribution >= 4 is 45.0 Å². The molecule has 3 amide bonds. The molecule has 0 unspecified atom stereocenters. The molecule has 3 rings (SSSR count). The second-order valence-corrected chi connectivity index (χ2v) is 7.06. The van der Waals surface area contributed by atoms with Gasteiger partial charge in [-0.3, -0.25) is 4.79 Å². The van der Waals surface area contributed by atoms with Crippen molar-refractivity contribution in [3.05, 3.63) is 29.1 Å². The topological polar surface area (TPSA) is 87.7 Å². The quantitative estimate of drug-likeness (QED) is 0.787. The minimum Gasteiger partial charge on any atom is -0.462 e. The maximum absolute atomic E-state index is 12.0. The number of ether oxygens (including phenoxy) is 1. The van der Waals surface area contributed by atoms with E-state index < -0.39 is 6.03 Å². The molecule has 2 N–H and O–H groups in total. The predicted octanol–water partition coefficient (Wildman–Crippen LogP) is 2.82. The molecule has 26 heavy (non-hydrogen) atoms. The van der Waals surface area contributed by atoms with E-state index in [4.69, 9.17) is 4.74 Å². The van der Waals surface area contributed by atoms with Gasteiger partial charge in [-0.1, -0.05) is 0 Å². The fraction of sp³-hybridized carbons (Fsp3) is 0.389. The Kier molecular flexibility index (Phi) is 5.72. The number of hydrogen-bond donors (Lipinski definition) is 2.